The lowest BCUT2D eigenvalue weighted by molar-refractivity contribution is 0.638. The van der Waals surface area contributed by atoms with Crippen LogP contribution in [-0.4, -0.2) is 15.5 Å². The third-order valence-electron chi connectivity index (χ3n) is 3.44. The van der Waals surface area contributed by atoms with Crippen molar-refractivity contribution in [2.45, 2.75) is 37.6 Å². The smallest absolute Gasteiger partial charge is 0.0624 e. The van der Waals surface area contributed by atoms with Crippen LogP contribution in [-0.2, 0) is 19.9 Å². The minimum atomic E-state index is 0.0239. The summed E-state index contributed by atoms with van der Waals surface area (Å²) in [6, 6.07) is 10.8. The monoisotopic (exact) mass is 289 g/mol. The Morgan fingerprint density at radius 3 is 2.50 bits per heavy atom. The van der Waals surface area contributed by atoms with E-state index in [0.29, 0.717) is 0 Å². The first-order chi connectivity index (χ1) is 9.63. The molecule has 3 nitrogen and oxygen atoms in total. The van der Waals surface area contributed by atoms with Gasteiger partial charge in [-0.15, -0.1) is 11.8 Å². The number of aryl methyl sites for hydroxylation is 2. The van der Waals surface area contributed by atoms with Gasteiger partial charge in [-0.1, -0.05) is 26.0 Å². The molecule has 2 N–H and O–H groups in total. The lowest BCUT2D eigenvalue weighted by atomic mass is 10.0. The van der Waals surface area contributed by atoms with Crippen LogP contribution < -0.4 is 5.73 Å². The highest BCUT2D eigenvalue weighted by Gasteiger charge is 2.11. The first-order valence-electron chi connectivity index (χ1n) is 7.14. The average Bonchev–Trinajstić information content (AvgIpc) is 2.80. The molecule has 0 saturated heterocycles. The molecule has 1 heterocycles. The predicted octanol–water partition coefficient (Wildman–Crippen LogP) is 3.34. The van der Waals surface area contributed by atoms with Crippen LogP contribution in [0, 0.1) is 0 Å². The van der Waals surface area contributed by atoms with Crippen LogP contribution in [0.4, 0.5) is 0 Å². The largest absolute Gasteiger partial charge is 0.324 e. The Labute approximate surface area is 125 Å². The van der Waals surface area contributed by atoms with Crippen LogP contribution in [0.2, 0.25) is 0 Å². The van der Waals surface area contributed by atoms with Gasteiger partial charge < -0.3 is 5.73 Å². The molecule has 1 aromatic heterocycles. The van der Waals surface area contributed by atoms with Crippen LogP contribution in [0.15, 0.2) is 35.2 Å². The van der Waals surface area contributed by atoms with Crippen molar-refractivity contribution < 1.29 is 0 Å². The molecule has 4 heteroatoms. The molecule has 0 radical (unpaired) electrons. The molecule has 1 atom stereocenters. The standard InChI is InChI=1S/C16H23N3S/c1-4-13-10-14(19(3)18-13)11-16(17)12-6-8-15(9-7-12)20-5-2/h6-10,16H,4-5,11,17H2,1-3H3. The van der Waals surface area contributed by atoms with Crippen molar-refractivity contribution in [3.05, 3.63) is 47.3 Å². The van der Waals surface area contributed by atoms with Crippen molar-refractivity contribution in [1.82, 2.24) is 9.78 Å². The lowest BCUT2D eigenvalue weighted by Crippen LogP contribution is -2.15. The molecule has 108 valence electrons. The molecule has 0 bridgehead atoms. The second kappa shape index (κ2) is 6.95. The van der Waals surface area contributed by atoms with E-state index in [0.717, 1.165) is 24.3 Å². The topological polar surface area (TPSA) is 43.8 Å². The number of thioether (sulfide) groups is 1. The third kappa shape index (κ3) is 3.64. The Kier molecular flexibility index (Phi) is 5.26. The SMILES string of the molecule is CCSc1ccc(C(N)Cc2cc(CC)nn2C)cc1. The average molecular weight is 289 g/mol. The van der Waals surface area contributed by atoms with E-state index in [2.05, 4.69) is 49.3 Å². The maximum absolute atomic E-state index is 6.32. The highest BCUT2D eigenvalue weighted by atomic mass is 32.2. The summed E-state index contributed by atoms with van der Waals surface area (Å²) in [5, 5.41) is 4.47. The molecule has 0 amide bonds. The quantitative estimate of drug-likeness (QED) is 0.830. The lowest BCUT2D eigenvalue weighted by Gasteiger charge is -2.12. The highest BCUT2D eigenvalue weighted by Crippen LogP contribution is 2.22. The second-order valence-corrected chi connectivity index (χ2v) is 6.25. The maximum atomic E-state index is 6.32. The Bertz CT molecular complexity index is 545. The molecule has 2 aromatic rings. The predicted molar refractivity (Wildman–Crippen MR) is 86.1 cm³/mol. The van der Waals surface area contributed by atoms with Gasteiger partial charge in [0.2, 0.25) is 0 Å². The van der Waals surface area contributed by atoms with Gasteiger partial charge in [0, 0.05) is 30.1 Å². The number of hydrogen-bond acceptors (Lipinski definition) is 3. The molecule has 0 saturated carbocycles. The summed E-state index contributed by atoms with van der Waals surface area (Å²) in [5.74, 6) is 1.10. The summed E-state index contributed by atoms with van der Waals surface area (Å²) in [6.07, 6.45) is 1.79. The van der Waals surface area contributed by atoms with Crippen molar-refractivity contribution in [2.75, 3.05) is 5.75 Å². The van der Waals surface area contributed by atoms with Crippen LogP contribution in [0.1, 0.15) is 36.8 Å². The number of nitrogens with zero attached hydrogens (tertiary/aromatic N) is 2. The maximum Gasteiger partial charge on any atom is 0.0624 e. The zero-order valence-corrected chi connectivity index (χ0v) is 13.3. The first-order valence-corrected chi connectivity index (χ1v) is 8.12. The normalized spacial score (nSPS) is 12.6. The van der Waals surface area contributed by atoms with E-state index < -0.39 is 0 Å². The summed E-state index contributed by atoms with van der Waals surface area (Å²) in [6.45, 7) is 4.29. The fraction of sp³-hybridized carbons (Fsp3) is 0.438. The summed E-state index contributed by atoms with van der Waals surface area (Å²) < 4.78 is 1.94. The molecule has 2 rings (SSSR count). The third-order valence-corrected chi connectivity index (χ3v) is 4.33. The molecule has 0 aliphatic heterocycles. The minimum absolute atomic E-state index is 0.0239. The number of aromatic nitrogens is 2. The highest BCUT2D eigenvalue weighted by molar-refractivity contribution is 7.99. The van der Waals surface area contributed by atoms with Gasteiger partial charge in [0.25, 0.3) is 0 Å². The molecule has 1 aromatic carbocycles. The van der Waals surface area contributed by atoms with E-state index in [-0.39, 0.29) is 6.04 Å². The van der Waals surface area contributed by atoms with Crippen LogP contribution in [0.3, 0.4) is 0 Å². The summed E-state index contributed by atoms with van der Waals surface area (Å²) >= 11 is 1.85. The van der Waals surface area contributed by atoms with Crippen molar-refractivity contribution in [3.8, 4) is 0 Å². The first kappa shape index (κ1) is 15.1. The van der Waals surface area contributed by atoms with Crippen molar-refractivity contribution in [1.29, 1.82) is 0 Å². The summed E-state index contributed by atoms with van der Waals surface area (Å²) in [7, 11) is 1.99. The van der Waals surface area contributed by atoms with Crippen LogP contribution in [0.25, 0.3) is 0 Å². The Hall–Kier alpha value is -1.26. The van der Waals surface area contributed by atoms with E-state index in [1.54, 1.807) is 0 Å². The van der Waals surface area contributed by atoms with E-state index in [9.17, 15) is 0 Å². The van der Waals surface area contributed by atoms with E-state index in [1.165, 1.54) is 16.2 Å². The minimum Gasteiger partial charge on any atom is -0.324 e. The number of benzene rings is 1. The van der Waals surface area contributed by atoms with Crippen LogP contribution >= 0.6 is 11.8 Å². The second-order valence-electron chi connectivity index (χ2n) is 4.92. The van der Waals surface area contributed by atoms with Gasteiger partial charge >= 0.3 is 0 Å². The number of rotatable bonds is 6. The molecule has 20 heavy (non-hydrogen) atoms. The van der Waals surface area contributed by atoms with Gasteiger partial charge in [-0.3, -0.25) is 4.68 Å². The van der Waals surface area contributed by atoms with E-state index in [4.69, 9.17) is 5.73 Å². The molecule has 0 fully saturated rings. The van der Waals surface area contributed by atoms with Crippen molar-refractivity contribution in [3.63, 3.8) is 0 Å². The fourth-order valence-electron chi connectivity index (χ4n) is 2.26. The number of hydrogen-bond donors (Lipinski definition) is 1. The zero-order chi connectivity index (χ0) is 14.5. The number of nitrogens with two attached hydrogens (primary N) is 1. The summed E-state index contributed by atoms with van der Waals surface area (Å²) in [4.78, 5) is 1.30. The Morgan fingerprint density at radius 2 is 1.95 bits per heavy atom. The fourth-order valence-corrected chi connectivity index (χ4v) is 2.92. The van der Waals surface area contributed by atoms with Gasteiger partial charge in [0.1, 0.15) is 0 Å². The molecule has 0 aliphatic rings. The van der Waals surface area contributed by atoms with Crippen molar-refractivity contribution >= 4 is 11.8 Å². The van der Waals surface area contributed by atoms with Gasteiger partial charge in [0.05, 0.1) is 5.69 Å². The molecule has 0 spiro atoms. The Balaban J connectivity index is 2.06. The van der Waals surface area contributed by atoms with Crippen LogP contribution in [0.5, 0.6) is 0 Å². The molecular weight excluding hydrogens is 266 g/mol. The van der Waals surface area contributed by atoms with Gasteiger partial charge in [-0.2, -0.15) is 5.10 Å². The van der Waals surface area contributed by atoms with Gasteiger partial charge in [-0.05, 0) is 35.9 Å². The zero-order valence-electron chi connectivity index (χ0n) is 12.5. The Morgan fingerprint density at radius 1 is 1.25 bits per heavy atom. The van der Waals surface area contributed by atoms with E-state index in [1.807, 2.05) is 23.5 Å². The van der Waals surface area contributed by atoms with Crippen molar-refractivity contribution in [2.24, 2.45) is 12.8 Å². The van der Waals surface area contributed by atoms with Gasteiger partial charge in [0.15, 0.2) is 0 Å². The van der Waals surface area contributed by atoms with E-state index >= 15 is 0 Å². The molecule has 0 aliphatic carbocycles. The summed E-state index contributed by atoms with van der Waals surface area (Å²) in [5.41, 5.74) is 9.83. The molecule has 1 unspecified atom stereocenters. The molecular formula is C16H23N3S. The van der Waals surface area contributed by atoms with Gasteiger partial charge in [-0.25, -0.2) is 0 Å².